The Morgan fingerprint density at radius 3 is 1.67 bits per heavy atom. The lowest BCUT2D eigenvalue weighted by Gasteiger charge is -2.58. The molecule has 2 heterocycles. The first-order valence-corrected chi connectivity index (χ1v) is 9.43. The van der Waals surface area contributed by atoms with Gasteiger partial charge < -0.3 is 0 Å². The van der Waals surface area contributed by atoms with Crippen LogP contribution in [0.25, 0.3) is 0 Å². The van der Waals surface area contributed by atoms with Gasteiger partial charge in [-0.15, -0.1) is 0 Å². The zero-order valence-corrected chi connectivity index (χ0v) is 13.1. The largest absolute Gasteiger partial charge is 0.155 e. The standard InChI is InChI=1S/C17H30S/c1-3-5-7-14-12-9-13-11-16(14)18-17(10-12)15(13)8-6-4-2/h12-17H,3-11H2,1-2H3. The maximum atomic E-state index is 2.42. The van der Waals surface area contributed by atoms with Crippen LogP contribution >= 0.6 is 11.8 Å². The first-order valence-electron chi connectivity index (χ1n) is 8.48. The Labute approximate surface area is 118 Å². The van der Waals surface area contributed by atoms with Gasteiger partial charge >= 0.3 is 0 Å². The molecule has 2 aliphatic carbocycles. The Bertz CT molecular complexity index is 219. The van der Waals surface area contributed by atoms with E-state index in [1.165, 1.54) is 38.5 Å². The molecule has 2 saturated carbocycles. The third-order valence-corrected chi connectivity index (χ3v) is 7.76. The second kappa shape index (κ2) is 5.77. The van der Waals surface area contributed by atoms with Crippen LogP contribution in [0.2, 0.25) is 0 Å². The molecular formula is C17H30S. The minimum atomic E-state index is 1.07. The van der Waals surface area contributed by atoms with E-state index < -0.39 is 0 Å². The van der Waals surface area contributed by atoms with Crippen molar-refractivity contribution in [3.05, 3.63) is 0 Å². The van der Waals surface area contributed by atoms with Gasteiger partial charge in [-0.2, -0.15) is 11.8 Å². The Morgan fingerprint density at radius 2 is 1.28 bits per heavy atom. The lowest BCUT2D eigenvalue weighted by Crippen LogP contribution is -2.51. The molecule has 4 rings (SSSR count). The van der Waals surface area contributed by atoms with Crippen molar-refractivity contribution < 1.29 is 0 Å². The van der Waals surface area contributed by atoms with Gasteiger partial charge in [-0.3, -0.25) is 0 Å². The average Bonchev–Trinajstić information content (AvgIpc) is 2.36. The van der Waals surface area contributed by atoms with Gasteiger partial charge in [0.05, 0.1) is 0 Å². The van der Waals surface area contributed by atoms with E-state index >= 15 is 0 Å². The predicted octanol–water partition coefficient (Wildman–Crippen LogP) is 5.51. The maximum absolute atomic E-state index is 2.42. The zero-order valence-electron chi connectivity index (χ0n) is 12.2. The lowest BCUT2D eigenvalue weighted by atomic mass is 9.60. The van der Waals surface area contributed by atoms with Crippen molar-refractivity contribution in [1.82, 2.24) is 0 Å². The van der Waals surface area contributed by atoms with Crippen molar-refractivity contribution in [2.75, 3.05) is 0 Å². The molecule has 18 heavy (non-hydrogen) atoms. The third kappa shape index (κ3) is 2.37. The van der Waals surface area contributed by atoms with E-state index in [0.29, 0.717) is 0 Å². The van der Waals surface area contributed by atoms with Crippen LogP contribution in [0.3, 0.4) is 0 Å². The van der Waals surface area contributed by atoms with E-state index in [1.807, 2.05) is 0 Å². The number of rotatable bonds is 6. The number of hydrogen-bond donors (Lipinski definition) is 0. The number of unbranched alkanes of at least 4 members (excludes halogenated alkanes) is 2. The highest BCUT2D eigenvalue weighted by atomic mass is 32.2. The molecule has 4 aliphatic rings. The van der Waals surface area contributed by atoms with Gasteiger partial charge in [0.25, 0.3) is 0 Å². The molecule has 1 heteroatoms. The monoisotopic (exact) mass is 266 g/mol. The van der Waals surface area contributed by atoms with E-state index in [-0.39, 0.29) is 0 Å². The molecule has 6 atom stereocenters. The van der Waals surface area contributed by atoms with Crippen LogP contribution in [0.1, 0.15) is 71.6 Å². The molecule has 0 aromatic heterocycles. The van der Waals surface area contributed by atoms with E-state index in [0.717, 1.165) is 34.2 Å². The summed E-state index contributed by atoms with van der Waals surface area (Å²) in [6.45, 7) is 4.70. The first kappa shape index (κ1) is 13.3. The molecule has 0 amide bonds. The molecule has 104 valence electrons. The van der Waals surface area contributed by atoms with Crippen LogP contribution in [0, 0.1) is 23.7 Å². The fraction of sp³-hybridized carbons (Fsp3) is 1.00. The van der Waals surface area contributed by atoms with Gasteiger partial charge in [-0.25, -0.2) is 0 Å². The van der Waals surface area contributed by atoms with Gasteiger partial charge in [0.15, 0.2) is 0 Å². The van der Waals surface area contributed by atoms with Crippen molar-refractivity contribution in [2.45, 2.75) is 82.1 Å². The summed E-state index contributed by atoms with van der Waals surface area (Å²) in [6.07, 6.45) is 13.6. The van der Waals surface area contributed by atoms with E-state index in [2.05, 4.69) is 25.6 Å². The van der Waals surface area contributed by atoms with Crippen LogP contribution in [-0.4, -0.2) is 10.5 Å². The molecule has 2 saturated heterocycles. The molecule has 0 spiro atoms. The number of thioether (sulfide) groups is 1. The summed E-state index contributed by atoms with van der Waals surface area (Å²) in [6, 6.07) is 0. The highest BCUT2D eigenvalue weighted by molar-refractivity contribution is 8.00. The van der Waals surface area contributed by atoms with Crippen molar-refractivity contribution in [3.63, 3.8) is 0 Å². The van der Waals surface area contributed by atoms with Crippen LogP contribution < -0.4 is 0 Å². The molecule has 2 aliphatic heterocycles. The highest BCUT2D eigenvalue weighted by Crippen LogP contribution is 2.61. The van der Waals surface area contributed by atoms with Crippen molar-refractivity contribution in [1.29, 1.82) is 0 Å². The Kier molecular flexibility index (Phi) is 4.28. The Balaban J connectivity index is 1.61. The van der Waals surface area contributed by atoms with Crippen LogP contribution in [-0.2, 0) is 0 Å². The smallest absolute Gasteiger partial charge is 0.00836 e. The van der Waals surface area contributed by atoms with Crippen LogP contribution in [0.5, 0.6) is 0 Å². The highest BCUT2D eigenvalue weighted by Gasteiger charge is 2.52. The summed E-state index contributed by atoms with van der Waals surface area (Å²) in [4.78, 5) is 0. The SMILES string of the molecule is CCCCC1C2CC3CC1SC(C2)C3CCCC. The molecule has 6 unspecified atom stereocenters. The lowest BCUT2D eigenvalue weighted by molar-refractivity contribution is 0.0580. The molecule has 0 aromatic rings. The minimum Gasteiger partial charge on any atom is -0.155 e. The number of hydrogen-bond acceptors (Lipinski definition) is 1. The molecular weight excluding hydrogens is 236 g/mol. The molecule has 4 bridgehead atoms. The van der Waals surface area contributed by atoms with Gasteiger partial charge in [-0.05, 0) is 55.8 Å². The second-order valence-electron chi connectivity index (χ2n) is 7.05. The van der Waals surface area contributed by atoms with Crippen LogP contribution in [0.15, 0.2) is 0 Å². The molecule has 4 fully saturated rings. The van der Waals surface area contributed by atoms with Gasteiger partial charge in [0.2, 0.25) is 0 Å². The van der Waals surface area contributed by atoms with Gasteiger partial charge in [-0.1, -0.05) is 39.5 Å². The molecule has 0 N–H and O–H groups in total. The quantitative estimate of drug-likeness (QED) is 0.610. The summed E-state index contributed by atoms with van der Waals surface area (Å²) in [5.41, 5.74) is 0. The minimum absolute atomic E-state index is 1.07. The van der Waals surface area contributed by atoms with Crippen LogP contribution in [0.4, 0.5) is 0 Å². The summed E-state index contributed by atoms with van der Waals surface area (Å²) in [5.74, 6) is 4.47. The van der Waals surface area contributed by atoms with Crippen molar-refractivity contribution in [3.8, 4) is 0 Å². The second-order valence-corrected chi connectivity index (χ2v) is 8.54. The Hall–Kier alpha value is 0.350. The van der Waals surface area contributed by atoms with E-state index in [9.17, 15) is 0 Å². The topological polar surface area (TPSA) is 0 Å². The van der Waals surface area contributed by atoms with Gasteiger partial charge in [0, 0.05) is 10.5 Å². The van der Waals surface area contributed by atoms with Crippen molar-refractivity contribution >= 4 is 11.8 Å². The maximum Gasteiger partial charge on any atom is 0.00836 e. The summed E-state index contributed by atoms with van der Waals surface area (Å²) < 4.78 is 0. The average molecular weight is 266 g/mol. The Morgan fingerprint density at radius 1 is 0.778 bits per heavy atom. The normalized spacial score (nSPS) is 45.7. The van der Waals surface area contributed by atoms with Crippen molar-refractivity contribution in [2.24, 2.45) is 23.7 Å². The fourth-order valence-electron chi connectivity index (χ4n) is 5.09. The summed E-state index contributed by atoms with van der Waals surface area (Å²) >= 11 is 2.42. The summed E-state index contributed by atoms with van der Waals surface area (Å²) in [5, 5.41) is 2.13. The zero-order chi connectivity index (χ0) is 12.5. The van der Waals surface area contributed by atoms with Gasteiger partial charge in [0.1, 0.15) is 0 Å². The fourth-order valence-corrected chi connectivity index (χ4v) is 7.38. The third-order valence-electron chi connectivity index (χ3n) is 5.97. The van der Waals surface area contributed by atoms with E-state index in [4.69, 9.17) is 0 Å². The molecule has 0 aromatic carbocycles. The summed E-state index contributed by atoms with van der Waals surface area (Å²) in [7, 11) is 0. The molecule has 0 nitrogen and oxygen atoms in total. The first-order chi connectivity index (χ1) is 8.83. The van der Waals surface area contributed by atoms with E-state index in [1.54, 1.807) is 19.3 Å². The molecule has 0 radical (unpaired) electrons. The predicted molar refractivity (Wildman–Crippen MR) is 82.0 cm³/mol.